The van der Waals surface area contributed by atoms with Crippen LogP contribution in [0.4, 0.5) is 0 Å². The molecular weight excluding hydrogens is 271 g/mol. The summed E-state index contributed by atoms with van der Waals surface area (Å²) in [5.41, 5.74) is 0. The molecule has 0 amide bonds. The third kappa shape index (κ3) is 11.6. The Morgan fingerprint density at radius 1 is 0.381 bits per heavy atom. The van der Waals surface area contributed by atoms with Gasteiger partial charge in [0.05, 0.1) is 0 Å². The molecule has 0 atom stereocenters. The monoisotopic (exact) mass is 316 g/mol. The second-order valence-corrected chi connectivity index (χ2v) is 12.3. The van der Waals surface area contributed by atoms with Crippen molar-refractivity contribution < 1.29 is 0 Å². The van der Waals surface area contributed by atoms with Crippen LogP contribution in [-0.2, 0) is 0 Å². The second-order valence-electron chi connectivity index (χ2n) is 7.33. The minimum atomic E-state index is -0.930. The summed E-state index contributed by atoms with van der Waals surface area (Å²) >= 11 is 0. The Morgan fingerprint density at radius 3 is 1.19 bits per heavy atom. The van der Waals surface area contributed by atoms with E-state index in [4.69, 9.17) is 0 Å². The Balaban J connectivity index is 4.34. The van der Waals surface area contributed by atoms with Gasteiger partial charge in [-0.2, -0.15) is 0 Å². The van der Waals surface area contributed by atoms with Crippen molar-refractivity contribution in [1.29, 1.82) is 0 Å². The number of hydrogen-bond donors (Lipinski definition) is 0. The first kappa shape index (κ1) is 21.4. The summed E-state index contributed by atoms with van der Waals surface area (Å²) < 4.78 is 0. The van der Waals surface area contributed by atoms with Crippen LogP contribution in [-0.4, -0.2) is 24.6 Å². The summed E-state index contributed by atoms with van der Waals surface area (Å²) in [7, 11) is -0.930. The molecule has 0 aromatic carbocycles. The first-order chi connectivity index (χ1) is 10.2. The van der Waals surface area contributed by atoms with E-state index in [2.05, 4.69) is 27.7 Å². The third-order valence-electron chi connectivity index (χ3n) is 5.21. The van der Waals surface area contributed by atoms with Crippen LogP contribution in [0, 0.1) is 0 Å². The van der Waals surface area contributed by atoms with Gasteiger partial charge < -0.3 is 0 Å². The van der Waals surface area contributed by atoms with Crippen LogP contribution >= 0.6 is 7.26 Å². The number of unbranched alkanes of at least 4 members (excludes halogenated alkanes) is 8. The van der Waals surface area contributed by atoms with E-state index in [1.165, 1.54) is 70.6 Å². The predicted molar refractivity (Wildman–Crippen MR) is 106 cm³/mol. The molecule has 0 radical (unpaired) electrons. The molecule has 0 aliphatic rings. The van der Waals surface area contributed by atoms with E-state index in [1.807, 2.05) is 0 Å². The number of hydrogen-bond acceptors (Lipinski definition) is 0. The second kappa shape index (κ2) is 15.3. The summed E-state index contributed by atoms with van der Waals surface area (Å²) in [4.78, 5) is 0. The third-order valence-corrected chi connectivity index (χ3v) is 11.0. The molecule has 0 aliphatic heterocycles. The van der Waals surface area contributed by atoms with E-state index < -0.39 is 7.26 Å². The topological polar surface area (TPSA) is 0 Å². The van der Waals surface area contributed by atoms with Gasteiger partial charge in [-0.3, -0.25) is 0 Å². The molecule has 0 saturated heterocycles. The first-order valence-corrected chi connectivity index (χ1v) is 13.1. The maximum atomic E-state index is 2.43. The van der Waals surface area contributed by atoms with Crippen molar-refractivity contribution in [2.24, 2.45) is 0 Å². The molecule has 0 N–H and O–H groups in total. The Bertz CT molecular complexity index is 190. The summed E-state index contributed by atoms with van der Waals surface area (Å²) in [6.07, 6.45) is 24.2. The molecule has 0 bridgehead atoms. The molecule has 0 rings (SSSR count). The van der Waals surface area contributed by atoms with Gasteiger partial charge in [0, 0.05) is 0 Å². The SMILES string of the molecule is CCCCCCC[PH](CCC)(CCCCC)CCCCC. The Hall–Kier alpha value is 0.430. The Labute approximate surface area is 137 Å². The van der Waals surface area contributed by atoms with Crippen LogP contribution in [0.5, 0.6) is 0 Å². The zero-order chi connectivity index (χ0) is 15.8. The van der Waals surface area contributed by atoms with Gasteiger partial charge in [0.2, 0.25) is 0 Å². The van der Waals surface area contributed by atoms with Crippen LogP contribution in [0.25, 0.3) is 0 Å². The molecule has 130 valence electrons. The fourth-order valence-electron chi connectivity index (χ4n) is 3.88. The fourth-order valence-corrected chi connectivity index (χ4v) is 9.44. The van der Waals surface area contributed by atoms with Crippen molar-refractivity contribution in [3.63, 3.8) is 0 Å². The van der Waals surface area contributed by atoms with Gasteiger partial charge in [0.25, 0.3) is 0 Å². The maximum absolute atomic E-state index is 2.43. The molecule has 0 spiro atoms. The summed E-state index contributed by atoms with van der Waals surface area (Å²) in [6.45, 7) is 9.46. The summed E-state index contributed by atoms with van der Waals surface area (Å²) in [5.74, 6) is 0. The van der Waals surface area contributed by atoms with Crippen molar-refractivity contribution in [3.05, 3.63) is 0 Å². The molecule has 1 heteroatoms. The number of rotatable bonds is 16. The normalized spacial score (nSPS) is 12.8. The molecule has 0 saturated carbocycles. The average molecular weight is 317 g/mol. The van der Waals surface area contributed by atoms with Crippen molar-refractivity contribution in [2.75, 3.05) is 24.6 Å². The van der Waals surface area contributed by atoms with Gasteiger partial charge in [-0.25, -0.2) is 0 Å². The van der Waals surface area contributed by atoms with Crippen molar-refractivity contribution in [2.45, 2.75) is 105 Å². The van der Waals surface area contributed by atoms with Gasteiger partial charge in [-0.1, -0.05) is 0 Å². The van der Waals surface area contributed by atoms with Crippen LogP contribution in [0.1, 0.15) is 105 Å². The van der Waals surface area contributed by atoms with E-state index in [-0.39, 0.29) is 0 Å². The Morgan fingerprint density at radius 2 is 0.762 bits per heavy atom. The van der Waals surface area contributed by atoms with E-state index in [0.717, 1.165) is 0 Å². The van der Waals surface area contributed by atoms with E-state index in [1.54, 1.807) is 31.1 Å². The molecule has 0 fully saturated rings. The van der Waals surface area contributed by atoms with E-state index in [9.17, 15) is 0 Å². The predicted octanol–water partition coefficient (Wildman–Crippen LogP) is 7.50. The van der Waals surface area contributed by atoms with Crippen LogP contribution < -0.4 is 0 Å². The van der Waals surface area contributed by atoms with Crippen LogP contribution in [0.2, 0.25) is 0 Å². The van der Waals surface area contributed by atoms with E-state index >= 15 is 0 Å². The van der Waals surface area contributed by atoms with Gasteiger partial charge in [0.15, 0.2) is 0 Å². The first-order valence-electron chi connectivity index (χ1n) is 10.2. The minimum absolute atomic E-state index is 0.930. The summed E-state index contributed by atoms with van der Waals surface area (Å²) in [5, 5.41) is 0. The zero-order valence-corrected chi connectivity index (χ0v) is 16.8. The van der Waals surface area contributed by atoms with Crippen LogP contribution in [0.3, 0.4) is 0 Å². The molecule has 0 aromatic rings. The molecule has 0 aromatic heterocycles. The van der Waals surface area contributed by atoms with Gasteiger partial charge in [-0.15, -0.1) is 0 Å². The van der Waals surface area contributed by atoms with E-state index in [0.29, 0.717) is 0 Å². The Kier molecular flexibility index (Phi) is 15.6. The van der Waals surface area contributed by atoms with Crippen molar-refractivity contribution in [1.82, 2.24) is 0 Å². The molecule has 0 nitrogen and oxygen atoms in total. The van der Waals surface area contributed by atoms with Crippen molar-refractivity contribution >= 4 is 7.26 Å². The van der Waals surface area contributed by atoms with Crippen molar-refractivity contribution in [3.8, 4) is 0 Å². The van der Waals surface area contributed by atoms with Gasteiger partial charge in [0.1, 0.15) is 0 Å². The summed E-state index contributed by atoms with van der Waals surface area (Å²) in [6, 6.07) is 0. The molecule has 0 aliphatic carbocycles. The molecule has 0 unspecified atom stereocenters. The molecular formula is C20H45P. The van der Waals surface area contributed by atoms with Gasteiger partial charge >= 0.3 is 137 Å². The molecule has 21 heavy (non-hydrogen) atoms. The average Bonchev–Trinajstić information content (AvgIpc) is 2.48. The quantitative estimate of drug-likeness (QED) is 0.204. The standard InChI is InChI=1S/C20H45P/c1-5-9-12-13-16-20-21(17-8-4,18-14-10-6-2)19-15-11-7-3/h21H,5-20H2,1-4H3. The van der Waals surface area contributed by atoms with Crippen LogP contribution in [0.15, 0.2) is 0 Å². The zero-order valence-electron chi connectivity index (χ0n) is 15.8. The fraction of sp³-hybridized carbons (Fsp3) is 1.00. The van der Waals surface area contributed by atoms with Gasteiger partial charge in [-0.05, 0) is 0 Å². The molecule has 0 heterocycles.